The summed E-state index contributed by atoms with van der Waals surface area (Å²) in [5.41, 5.74) is 13.7. The second-order valence-corrected chi connectivity index (χ2v) is 7.64. The van der Waals surface area contributed by atoms with Crippen molar-refractivity contribution in [2.45, 2.75) is 19.0 Å². The Bertz CT molecular complexity index is 1320. The molecule has 0 radical (unpaired) electrons. The van der Waals surface area contributed by atoms with E-state index >= 15 is 0 Å². The fourth-order valence-electron chi connectivity index (χ4n) is 3.14. The van der Waals surface area contributed by atoms with Crippen molar-refractivity contribution >= 4 is 52.4 Å². The molecule has 2 aromatic heterocycles. The van der Waals surface area contributed by atoms with Crippen LogP contribution in [-0.4, -0.2) is 79.0 Å². The standard InChI is InChI=1S/C21H23N9O6.H2O/c1-30(9-11-7-24-18-16(26-11)17(22)28-21(23)29-18)12-4-2-10(3-5-12)19(34)25-8-14(31)27-13(20(35)36)6-15(32)33;/h2-5,7,13H,6,8-9H2,1H3,(H,25,34)(H,27,31)(H,32,33)(H,35,36)(H4,22,23,24,28,29);1H2. The van der Waals surface area contributed by atoms with Gasteiger partial charge in [-0.2, -0.15) is 9.97 Å². The van der Waals surface area contributed by atoms with Crippen LogP contribution in [0.5, 0.6) is 0 Å². The fraction of sp³-hybridized carbons (Fsp3) is 0.238. The summed E-state index contributed by atoms with van der Waals surface area (Å²) in [6.07, 6.45) is 0.757. The number of carboxylic acids is 2. The summed E-state index contributed by atoms with van der Waals surface area (Å²) in [7, 11) is 1.81. The molecule has 2 amide bonds. The molecule has 1 aromatic carbocycles. The van der Waals surface area contributed by atoms with E-state index in [1.54, 1.807) is 30.5 Å². The lowest BCUT2D eigenvalue weighted by atomic mass is 10.2. The summed E-state index contributed by atoms with van der Waals surface area (Å²) in [6, 6.07) is 4.87. The number of nitrogens with zero attached hydrogens (tertiary/aromatic N) is 5. The third-order valence-corrected chi connectivity index (χ3v) is 4.89. The zero-order valence-electron chi connectivity index (χ0n) is 19.5. The number of nitrogens with one attached hydrogen (secondary N) is 2. The minimum atomic E-state index is -1.60. The van der Waals surface area contributed by atoms with E-state index in [4.69, 9.17) is 21.7 Å². The summed E-state index contributed by atoms with van der Waals surface area (Å²) in [5, 5.41) is 22.1. The van der Waals surface area contributed by atoms with E-state index in [1.807, 2.05) is 17.3 Å². The average molecular weight is 515 g/mol. The van der Waals surface area contributed by atoms with Crippen molar-refractivity contribution in [1.82, 2.24) is 30.6 Å². The third kappa shape index (κ3) is 7.43. The van der Waals surface area contributed by atoms with Gasteiger partial charge in [0.15, 0.2) is 17.0 Å². The molecule has 2 heterocycles. The number of carbonyl (C=O) groups excluding carboxylic acids is 2. The number of carbonyl (C=O) groups is 4. The molecule has 0 saturated carbocycles. The fourth-order valence-corrected chi connectivity index (χ4v) is 3.14. The topological polar surface area (TPSA) is 271 Å². The zero-order valence-corrected chi connectivity index (χ0v) is 19.5. The van der Waals surface area contributed by atoms with Gasteiger partial charge in [-0.15, -0.1) is 0 Å². The SMILES string of the molecule is CN(Cc1cnc2nc(N)nc(N)c2n1)c1ccc(C(=O)NCC(=O)NC(CC(=O)O)C(=O)O)cc1.O. The van der Waals surface area contributed by atoms with Crippen LogP contribution in [0.3, 0.4) is 0 Å². The van der Waals surface area contributed by atoms with Gasteiger partial charge in [-0.05, 0) is 24.3 Å². The quantitative estimate of drug-likeness (QED) is 0.173. The first-order valence-electron chi connectivity index (χ1n) is 10.4. The minimum absolute atomic E-state index is 0. The van der Waals surface area contributed by atoms with Gasteiger partial charge in [0.25, 0.3) is 5.91 Å². The Morgan fingerprint density at radius 1 is 1.05 bits per heavy atom. The molecule has 16 nitrogen and oxygen atoms in total. The van der Waals surface area contributed by atoms with Gasteiger partial charge in [0.1, 0.15) is 6.04 Å². The molecule has 0 aliphatic heterocycles. The minimum Gasteiger partial charge on any atom is -0.481 e. The van der Waals surface area contributed by atoms with Crippen molar-refractivity contribution in [3.63, 3.8) is 0 Å². The van der Waals surface area contributed by atoms with E-state index < -0.39 is 42.8 Å². The Kier molecular flexibility index (Phi) is 9.14. The highest BCUT2D eigenvalue weighted by Gasteiger charge is 2.23. The maximum absolute atomic E-state index is 12.3. The van der Waals surface area contributed by atoms with Crippen LogP contribution in [-0.2, 0) is 20.9 Å². The molecule has 10 N–H and O–H groups in total. The summed E-state index contributed by atoms with van der Waals surface area (Å²) in [4.78, 5) is 64.3. The molecule has 0 bridgehead atoms. The van der Waals surface area contributed by atoms with Crippen LogP contribution in [0.25, 0.3) is 11.2 Å². The predicted octanol–water partition coefficient (Wildman–Crippen LogP) is -1.83. The molecule has 1 unspecified atom stereocenters. The number of carboxylic acid groups (broad SMARTS) is 2. The van der Waals surface area contributed by atoms with Crippen molar-refractivity contribution in [1.29, 1.82) is 0 Å². The van der Waals surface area contributed by atoms with Gasteiger partial charge in [0, 0.05) is 18.3 Å². The number of nitrogens with two attached hydrogens (primary N) is 2. The molecule has 0 aliphatic carbocycles. The number of fused-ring (bicyclic) bond motifs is 1. The summed E-state index contributed by atoms with van der Waals surface area (Å²) < 4.78 is 0. The van der Waals surface area contributed by atoms with Crippen LogP contribution in [0.2, 0.25) is 0 Å². The number of anilines is 3. The van der Waals surface area contributed by atoms with Crippen LogP contribution in [0.15, 0.2) is 30.5 Å². The highest BCUT2D eigenvalue weighted by Crippen LogP contribution is 2.18. The summed E-state index contributed by atoms with van der Waals surface area (Å²) in [6.45, 7) is -0.164. The lowest BCUT2D eigenvalue weighted by Gasteiger charge is -2.19. The molecule has 196 valence electrons. The lowest BCUT2D eigenvalue weighted by Crippen LogP contribution is -2.46. The van der Waals surface area contributed by atoms with Gasteiger partial charge >= 0.3 is 11.9 Å². The average Bonchev–Trinajstić information content (AvgIpc) is 2.82. The molecule has 16 heteroatoms. The number of amides is 2. The van der Waals surface area contributed by atoms with E-state index in [9.17, 15) is 19.2 Å². The monoisotopic (exact) mass is 515 g/mol. The van der Waals surface area contributed by atoms with E-state index in [1.165, 1.54) is 0 Å². The first-order chi connectivity index (χ1) is 17.0. The van der Waals surface area contributed by atoms with Crippen LogP contribution in [0, 0.1) is 0 Å². The highest BCUT2D eigenvalue weighted by atomic mass is 16.4. The molecule has 3 rings (SSSR count). The molecular formula is C21H25N9O7. The maximum atomic E-state index is 12.3. The van der Waals surface area contributed by atoms with E-state index in [0.29, 0.717) is 17.8 Å². The number of hydrogen-bond acceptors (Lipinski definition) is 11. The van der Waals surface area contributed by atoms with Gasteiger partial charge in [-0.25, -0.2) is 14.8 Å². The molecule has 1 atom stereocenters. The number of aromatic nitrogens is 4. The molecule has 0 spiro atoms. The smallest absolute Gasteiger partial charge is 0.326 e. The van der Waals surface area contributed by atoms with Gasteiger partial charge < -0.3 is 42.7 Å². The number of benzene rings is 1. The van der Waals surface area contributed by atoms with Crippen LogP contribution >= 0.6 is 0 Å². The molecular weight excluding hydrogens is 490 g/mol. The van der Waals surface area contributed by atoms with Crippen molar-refractivity contribution < 1.29 is 34.9 Å². The Morgan fingerprint density at radius 3 is 2.35 bits per heavy atom. The Hall–Kier alpha value is -5.12. The van der Waals surface area contributed by atoms with E-state index in [-0.39, 0.29) is 28.5 Å². The number of hydrogen-bond donors (Lipinski definition) is 6. The molecule has 0 aliphatic rings. The van der Waals surface area contributed by atoms with Gasteiger partial charge in [0.2, 0.25) is 11.9 Å². The number of aliphatic carboxylic acids is 2. The first-order valence-corrected chi connectivity index (χ1v) is 10.4. The van der Waals surface area contributed by atoms with Gasteiger partial charge in [-0.1, -0.05) is 0 Å². The van der Waals surface area contributed by atoms with Crippen molar-refractivity contribution in [2.24, 2.45) is 0 Å². The Morgan fingerprint density at radius 2 is 1.73 bits per heavy atom. The Balaban J connectivity index is 0.00000481. The summed E-state index contributed by atoms with van der Waals surface area (Å²) >= 11 is 0. The van der Waals surface area contributed by atoms with Crippen LogP contribution < -0.4 is 27.0 Å². The third-order valence-electron chi connectivity index (χ3n) is 4.89. The second-order valence-electron chi connectivity index (χ2n) is 7.64. The maximum Gasteiger partial charge on any atom is 0.326 e. The van der Waals surface area contributed by atoms with Crippen molar-refractivity contribution in [3.05, 3.63) is 41.7 Å². The predicted molar refractivity (Wildman–Crippen MR) is 130 cm³/mol. The van der Waals surface area contributed by atoms with E-state index in [2.05, 4.69) is 25.3 Å². The molecule has 0 fully saturated rings. The Labute approximate surface area is 209 Å². The lowest BCUT2D eigenvalue weighted by molar-refractivity contribution is -0.147. The van der Waals surface area contributed by atoms with E-state index in [0.717, 1.165) is 5.69 Å². The van der Waals surface area contributed by atoms with Gasteiger partial charge in [-0.3, -0.25) is 14.4 Å². The normalized spacial score (nSPS) is 11.2. The molecule has 3 aromatic rings. The molecule has 0 saturated heterocycles. The summed E-state index contributed by atoms with van der Waals surface area (Å²) in [5.74, 6) is -4.15. The van der Waals surface area contributed by atoms with Crippen LogP contribution in [0.1, 0.15) is 22.5 Å². The second kappa shape index (κ2) is 12.0. The van der Waals surface area contributed by atoms with Gasteiger partial charge in [0.05, 0.1) is 31.4 Å². The highest BCUT2D eigenvalue weighted by molar-refractivity contribution is 5.97. The number of rotatable bonds is 10. The first kappa shape index (κ1) is 28.1. The van der Waals surface area contributed by atoms with Crippen molar-refractivity contribution in [2.75, 3.05) is 30.0 Å². The van der Waals surface area contributed by atoms with Crippen molar-refractivity contribution in [3.8, 4) is 0 Å². The number of nitrogen functional groups attached to an aromatic ring is 2. The largest absolute Gasteiger partial charge is 0.481 e. The molecule has 37 heavy (non-hydrogen) atoms. The van der Waals surface area contributed by atoms with Crippen LogP contribution in [0.4, 0.5) is 17.5 Å². The zero-order chi connectivity index (χ0) is 26.4.